The normalized spacial score (nSPS) is 9.63. The summed E-state index contributed by atoms with van der Waals surface area (Å²) in [6.45, 7) is 2.24. The van der Waals surface area contributed by atoms with Crippen LogP contribution in [0.25, 0.3) is 0 Å². The van der Waals surface area contributed by atoms with E-state index in [1.807, 2.05) is 0 Å². The highest BCUT2D eigenvalue weighted by Crippen LogP contribution is 2.38. The van der Waals surface area contributed by atoms with Crippen LogP contribution in [0.5, 0.6) is 17.2 Å². The minimum Gasteiger partial charge on any atom is -0.502 e. The Morgan fingerprint density at radius 3 is 1.74 bits per heavy atom. The molecule has 0 bridgehead atoms. The largest absolute Gasteiger partial charge is 0.502 e. The quantitative estimate of drug-likeness (QED) is 0.645. The number of benzene rings is 1. The van der Waals surface area contributed by atoms with Crippen molar-refractivity contribution in [2.24, 2.45) is 0 Å². The van der Waals surface area contributed by atoms with Gasteiger partial charge in [0.25, 0.3) is 0 Å². The average Bonchev–Trinajstić information content (AvgIpc) is 2.31. The highest BCUT2D eigenvalue weighted by atomic mass is 16.6. The lowest BCUT2D eigenvalue weighted by atomic mass is 10.2. The predicted octanol–water partition coefficient (Wildman–Crippen LogP) is 1.03. The second-order valence-electron chi connectivity index (χ2n) is 3.50. The van der Waals surface area contributed by atoms with Crippen LogP contribution in [0.4, 0.5) is 0 Å². The molecule has 0 unspecified atom stereocenters. The molecule has 7 nitrogen and oxygen atoms in total. The Bertz CT molecular complexity index is 496. The first kappa shape index (κ1) is 14.5. The first-order chi connectivity index (χ1) is 8.85. The standard InChI is InChI=1S/C12H12O7/c1-6(13)18-9-4-8(12(16)17-3)5-10(11(9)15)19-7(2)14/h4-5,15H,1-3H3. The van der Waals surface area contributed by atoms with Crippen LogP contribution in [0.15, 0.2) is 12.1 Å². The Hall–Kier alpha value is -2.57. The summed E-state index contributed by atoms with van der Waals surface area (Å²) in [6, 6.07) is 2.21. The maximum absolute atomic E-state index is 11.4. The number of phenols is 1. The van der Waals surface area contributed by atoms with E-state index in [1.165, 1.54) is 0 Å². The summed E-state index contributed by atoms with van der Waals surface area (Å²) >= 11 is 0. The number of methoxy groups -OCH3 is 1. The molecule has 0 heterocycles. The van der Waals surface area contributed by atoms with Crippen LogP contribution < -0.4 is 9.47 Å². The summed E-state index contributed by atoms with van der Waals surface area (Å²) in [5, 5.41) is 9.76. The van der Waals surface area contributed by atoms with Gasteiger partial charge in [-0.05, 0) is 12.1 Å². The molecule has 0 aliphatic rings. The zero-order valence-electron chi connectivity index (χ0n) is 10.6. The third kappa shape index (κ3) is 3.70. The molecule has 0 aliphatic heterocycles. The van der Waals surface area contributed by atoms with Crippen molar-refractivity contribution < 1.29 is 33.7 Å². The Balaban J connectivity index is 3.32. The molecule has 19 heavy (non-hydrogen) atoms. The highest BCUT2D eigenvalue weighted by Gasteiger charge is 2.19. The zero-order valence-corrected chi connectivity index (χ0v) is 10.6. The van der Waals surface area contributed by atoms with Gasteiger partial charge in [0.1, 0.15) is 0 Å². The Labute approximate surface area is 108 Å². The van der Waals surface area contributed by atoms with E-state index in [1.54, 1.807) is 0 Å². The predicted molar refractivity (Wildman–Crippen MR) is 62.1 cm³/mol. The molecule has 1 aromatic rings. The minimum absolute atomic E-state index is 0.0344. The van der Waals surface area contributed by atoms with Crippen molar-refractivity contribution >= 4 is 17.9 Å². The van der Waals surface area contributed by atoms with Gasteiger partial charge in [-0.25, -0.2) is 4.79 Å². The molecule has 7 heteroatoms. The van der Waals surface area contributed by atoms with Gasteiger partial charge in [0.05, 0.1) is 12.7 Å². The van der Waals surface area contributed by atoms with Gasteiger partial charge in [-0.3, -0.25) is 9.59 Å². The number of ether oxygens (including phenoxy) is 3. The highest BCUT2D eigenvalue weighted by molar-refractivity contribution is 5.91. The lowest BCUT2D eigenvalue weighted by Crippen LogP contribution is -2.08. The van der Waals surface area contributed by atoms with Crippen LogP contribution in [-0.4, -0.2) is 30.1 Å². The molecule has 1 N–H and O–H groups in total. The number of carbonyl (C=O) groups is 3. The van der Waals surface area contributed by atoms with Gasteiger partial charge < -0.3 is 19.3 Å². The number of esters is 3. The number of rotatable bonds is 3. The van der Waals surface area contributed by atoms with Crippen molar-refractivity contribution in [1.82, 2.24) is 0 Å². The minimum atomic E-state index is -0.734. The summed E-state index contributed by atoms with van der Waals surface area (Å²) in [5.41, 5.74) is -0.0344. The monoisotopic (exact) mass is 268 g/mol. The summed E-state index contributed by atoms with van der Waals surface area (Å²) in [7, 11) is 1.16. The number of hydrogen-bond acceptors (Lipinski definition) is 7. The molecule has 0 spiro atoms. The summed E-state index contributed by atoms with van der Waals surface area (Å²) < 4.78 is 13.9. The van der Waals surface area contributed by atoms with Crippen molar-refractivity contribution in [2.45, 2.75) is 13.8 Å². The fourth-order valence-corrected chi connectivity index (χ4v) is 1.28. The molecular formula is C12H12O7. The van der Waals surface area contributed by atoms with Crippen LogP contribution in [0, 0.1) is 0 Å². The Kier molecular flexibility index (Phi) is 4.46. The molecule has 0 aliphatic carbocycles. The maximum Gasteiger partial charge on any atom is 0.338 e. The van der Waals surface area contributed by atoms with Crippen LogP contribution in [0.1, 0.15) is 24.2 Å². The van der Waals surface area contributed by atoms with Crippen molar-refractivity contribution in [3.05, 3.63) is 17.7 Å². The fraction of sp³-hybridized carbons (Fsp3) is 0.250. The van der Waals surface area contributed by atoms with Gasteiger partial charge in [0.2, 0.25) is 5.75 Å². The van der Waals surface area contributed by atoms with E-state index in [2.05, 4.69) is 4.74 Å². The molecule has 0 saturated heterocycles. The van der Waals surface area contributed by atoms with Crippen LogP contribution in [0.2, 0.25) is 0 Å². The molecular weight excluding hydrogens is 256 g/mol. The zero-order chi connectivity index (χ0) is 14.6. The molecule has 0 radical (unpaired) electrons. The van der Waals surface area contributed by atoms with E-state index in [9.17, 15) is 19.5 Å². The summed E-state index contributed by atoms with van der Waals surface area (Å²) in [5.74, 6) is -3.30. The third-order valence-electron chi connectivity index (χ3n) is 1.97. The molecule has 0 amide bonds. The second-order valence-corrected chi connectivity index (χ2v) is 3.50. The maximum atomic E-state index is 11.4. The number of hydrogen-bond donors (Lipinski definition) is 1. The van der Waals surface area contributed by atoms with Crippen molar-refractivity contribution in [1.29, 1.82) is 0 Å². The van der Waals surface area contributed by atoms with Gasteiger partial charge >= 0.3 is 17.9 Å². The van der Waals surface area contributed by atoms with Gasteiger partial charge in [0, 0.05) is 13.8 Å². The number of phenolic OH excluding ortho intramolecular Hbond substituents is 1. The fourth-order valence-electron chi connectivity index (χ4n) is 1.28. The smallest absolute Gasteiger partial charge is 0.338 e. The van der Waals surface area contributed by atoms with Gasteiger partial charge in [-0.2, -0.15) is 0 Å². The Morgan fingerprint density at radius 1 is 1.00 bits per heavy atom. The molecule has 102 valence electrons. The molecule has 0 saturated carbocycles. The van der Waals surface area contributed by atoms with Crippen molar-refractivity contribution in [3.8, 4) is 17.2 Å². The number of aromatic hydroxyl groups is 1. The molecule has 0 atom stereocenters. The first-order valence-corrected chi connectivity index (χ1v) is 5.17. The van der Waals surface area contributed by atoms with Crippen LogP contribution in [-0.2, 0) is 14.3 Å². The van der Waals surface area contributed by atoms with Crippen LogP contribution >= 0.6 is 0 Å². The molecule has 0 fully saturated rings. The second kappa shape index (κ2) is 5.85. The van der Waals surface area contributed by atoms with Crippen molar-refractivity contribution in [2.75, 3.05) is 7.11 Å². The number of carbonyl (C=O) groups excluding carboxylic acids is 3. The summed E-state index contributed by atoms with van der Waals surface area (Å²) in [4.78, 5) is 33.2. The molecule has 1 aromatic carbocycles. The lowest BCUT2D eigenvalue weighted by molar-refractivity contribution is -0.132. The SMILES string of the molecule is COC(=O)c1cc(OC(C)=O)c(O)c(OC(C)=O)c1. The lowest BCUT2D eigenvalue weighted by Gasteiger charge is -2.10. The summed E-state index contributed by atoms with van der Waals surface area (Å²) in [6.07, 6.45) is 0. The molecule has 0 aromatic heterocycles. The van der Waals surface area contributed by atoms with Gasteiger partial charge in [-0.1, -0.05) is 0 Å². The van der Waals surface area contributed by atoms with E-state index in [0.717, 1.165) is 33.1 Å². The third-order valence-corrected chi connectivity index (χ3v) is 1.97. The first-order valence-electron chi connectivity index (χ1n) is 5.17. The van der Waals surface area contributed by atoms with Crippen molar-refractivity contribution in [3.63, 3.8) is 0 Å². The average molecular weight is 268 g/mol. The van der Waals surface area contributed by atoms with E-state index < -0.39 is 23.7 Å². The van der Waals surface area contributed by atoms with E-state index >= 15 is 0 Å². The topological polar surface area (TPSA) is 99.1 Å². The Morgan fingerprint density at radius 2 is 1.42 bits per heavy atom. The van der Waals surface area contributed by atoms with Gasteiger partial charge in [-0.15, -0.1) is 0 Å². The van der Waals surface area contributed by atoms with E-state index in [0.29, 0.717) is 0 Å². The molecule has 1 rings (SSSR count). The van der Waals surface area contributed by atoms with Gasteiger partial charge in [0.15, 0.2) is 11.5 Å². The van der Waals surface area contributed by atoms with Crippen LogP contribution in [0.3, 0.4) is 0 Å². The van der Waals surface area contributed by atoms with E-state index in [-0.39, 0.29) is 17.1 Å². The van der Waals surface area contributed by atoms with E-state index in [4.69, 9.17) is 9.47 Å².